The molecular weight excluding hydrogens is 584 g/mol. The molecule has 2 atom stereocenters. The number of ether oxygens (including phenoxy) is 2. The fraction of sp³-hybridized carbons (Fsp3) is 0.220. The van der Waals surface area contributed by atoms with E-state index in [1.807, 2.05) is 147 Å². The highest BCUT2D eigenvalue weighted by Gasteiger charge is 2.60. The highest BCUT2D eigenvalue weighted by molar-refractivity contribution is 6.10. The number of carbonyl (C=O) groups excluding carboxylic acids is 2. The van der Waals surface area contributed by atoms with E-state index in [4.69, 9.17) is 9.47 Å². The average Bonchev–Trinajstić information content (AvgIpc) is 3.32. The minimum atomic E-state index is -1.74. The highest BCUT2D eigenvalue weighted by atomic mass is 16.5. The van der Waals surface area contributed by atoms with Crippen LogP contribution in [0.5, 0.6) is 0 Å². The first-order chi connectivity index (χ1) is 22.9. The normalized spacial score (nSPS) is 16.3. The van der Waals surface area contributed by atoms with Crippen molar-refractivity contribution in [1.29, 1.82) is 0 Å². The molecule has 6 rings (SSSR count). The van der Waals surface area contributed by atoms with Gasteiger partial charge < -0.3 is 14.4 Å². The summed E-state index contributed by atoms with van der Waals surface area (Å²) >= 11 is 0. The number of benzene rings is 5. The van der Waals surface area contributed by atoms with Gasteiger partial charge >= 0.3 is 5.97 Å². The van der Waals surface area contributed by atoms with E-state index < -0.39 is 23.7 Å². The number of hydrogen-bond donors (Lipinski definition) is 1. The summed E-state index contributed by atoms with van der Waals surface area (Å²) in [5.41, 5.74) is 5.37. The third kappa shape index (κ3) is 6.48. The van der Waals surface area contributed by atoms with E-state index in [-0.39, 0.29) is 19.1 Å². The number of hydrogen-bond acceptors (Lipinski definition) is 5. The third-order valence-electron chi connectivity index (χ3n) is 8.83. The van der Waals surface area contributed by atoms with Crippen molar-refractivity contribution in [3.8, 4) is 0 Å². The summed E-state index contributed by atoms with van der Waals surface area (Å²) in [5, 5.41) is 3.63. The number of esters is 1. The minimum Gasteiger partial charge on any atom is -0.465 e. The smallest absolute Gasteiger partial charge is 0.327 e. The summed E-state index contributed by atoms with van der Waals surface area (Å²) in [4.78, 5) is 31.4. The van der Waals surface area contributed by atoms with Crippen LogP contribution in [0.2, 0.25) is 0 Å². The Morgan fingerprint density at radius 1 is 0.787 bits per heavy atom. The van der Waals surface area contributed by atoms with Gasteiger partial charge in [0.15, 0.2) is 5.60 Å². The molecule has 0 unspecified atom stereocenters. The average molecular weight is 625 g/mol. The second-order valence-electron chi connectivity index (χ2n) is 12.0. The first-order valence-corrected chi connectivity index (χ1v) is 16.1. The van der Waals surface area contributed by atoms with E-state index in [1.54, 1.807) is 11.8 Å². The van der Waals surface area contributed by atoms with Gasteiger partial charge in [0.25, 0.3) is 5.91 Å². The maximum Gasteiger partial charge on any atom is 0.327 e. The van der Waals surface area contributed by atoms with Crippen molar-refractivity contribution in [3.63, 3.8) is 0 Å². The third-order valence-corrected chi connectivity index (χ3v) is 8.83. The lowest BCUT2D eigenvalue weighted by Gasteiger charge is -2.38. The van der Waals surface area contributed by atoms with Gasteiger partial charge in [0.05, 0.1) is 31.5 Å². The zero-order valence-electron chi connectivity index (χ0n) is 27.1. The lowest BCUT2D eigenvalue weighted by atomic mass is 9.84. The molecule has 0 aliphatic carbocycles. The summed E-state index contributed by atoms with van der Waals surface area (Å²) in [6.07, 6.45) is 0. The molecule has 238 valence electrons. The fourth-order valence-corrected chi connectivity index (χ4v) is 6.42. The monoisotopic (exact) mass is 624 g/mol. The van der Waals surface area contributed by atoms with Gasteiger partial charge in [0.2, 0.25) is 0 Å². The first-order valence-electron chi connectivity index (χ1n) is 16.1. The molecule has 0 radical (unpaired) electrons. The van der Waals surface area contributed by atoms with Crippen molar-refractivity contribution < 1.29 is 19.1 Å². The van der Waals surface area contributed by atoms with Gasteiger partial charge in [-0.2, -0.15) is 0 Å². The quantitative estimate of drug-likeness (QED) is 0.145. The summed E-state index contributed by atoms with van der Waals surface area (Å²) in [6.45, 7) is 6.36. The predicted molar refractivity (Wildman–Crippen MR) is 185 cm³/mol. The van der Waals surface area contributed by atoms with Crippen molar-refractivity contribution >= 4 is 17.6 Å². The van der Waals surface area contributed by atoms with Crippen LogP contribution in [0.3, 0.4) is 0 Å². The highest BCUT2D eigenvalue weighted by Crippen LogP contribution is 2.48. The molecule has 0 spiro atoms. The van der Waals surface area contributed by atoms with Crippen LogP contribution in [-0.4, -0.2) is 24.5 Å². The summed E-state index contributed by atoms with van der Waals surface area (Å²) in [7, 11) is 0. The molecular formula is C41H40N2O4. The molecule has 1 heterocycles. The second-order valence-corrected chi connectivity index (χ2v) is 12.0. The van der Waals surface area contributed by atoms with Gasteiger partial charge in [-0.1, -0.05) is 133 Å². The maximum atomic E-state index is 15.3. The first kappa shape index (κ1) is 31.9. The summed E-state index contributed by atoms with van der Waals surface area (Å²) < 4.78 is 12.8. The Labute approximate surface area is 277 Å². The minimum absolute atomic E-state index is 0.115. The lowest BCUT2D eigenvalue weighted by Crippen LogP contribution is -2.60. The van der Waals surface area contributed by atoms with Crippen LogP contribution in [-0.2, 0) is 37.8 Å². The molecule has 5 aromatic rings. The van der Waals surface area contributed by atoms with Crippen LogP contribution in [0.25, 0.3) is 0 Å². The van der Waals surface area contributed by atoms with Crippen molar-refractivity contribution in [2.45, 2.75) is 51.6 Å². The molecule has 0 fully saturated rings. The molecule has 0 saturated carbocycles. The predicted octanol–water partition coefficient (Wildman–Crippen LogP) is 7.57. The van der Waals surface area contributed by atoms with Gasteiger partial charge in [-0.3, -0.25) is 14.9 Å². The van der Waals surface area contributed by atoms with Crippen molar-refractivity contribution in [2.24, 2.45) is 0 Å². The molecule has 6 nitrogen and oxygen atoms in total. The Morgan fingerprint density at radius 3 is 2.00 bits per heavy atom. The molecule has 1 N–H and O–H groups in total. The Bertz CT molecular complexity index is 1790. The largest absolute Gasteiger partial charge is 0.465 e. The number of anilines is 1. The van der Waals surface area contributed by atoms with E-state index in [0.29, 0.717) is 17.8 Å². The fourth-order valence-electron chi connectivity index (χ4n) is 6.42. The van der Waals surface area contributed by atoms with E-state index >= 15 is 4.79 Å². The van der Waals surface area contributed by atoms with Crippen LogP contribution in [0.15, 0.2) is 133 Å². The van der Waals surface area contributed by atoms with Crippen molar-refractivity contribution in [3.05, 3.63) is 172 Å². The molecule has 1 aliphatic heterocycles. The Kier molecular flexibility index (Phi) is 9.62. The van der Waals surface area contributed by atoms with Gasteiger partial charge in [-0.05, 0) is 54.7 Å². The van der Waals surface area contributed by atoms with Gasteiger partial charge in [0.1, 0.15) is 6.04 Å². The summed E-state index contributed by atoms with van der Waals surface area (Å²) in [6, 6.07) is 42.0. The number of fused-ring (bicyclic) bond motifs is 1. The molecule has 1 amide bonds. The number of amides is 1. The lowest BCUT2D eigenvalue weighted by molar-refractivity contribution is -0.169. The van der Waals surface area contributed by atoms with Crippen LogP contribution < -0.4 is 10.2 Å². The Morgan fingerprint density at radius 2 is 1.38 bits per heavy atom. The van der Waals surface area contributed by atoms with Gasteiger partial charge in [-0.25, -0.2) is 0 Å². The van der Waals surface area contributed by atoms with Crippen LogP contribution >= 0.6 is 0 Å². The second kappa shape index (κ2) is 14.2. The zero-order valence-corrected chi connectivity index (χ0v) is 27.1. The van der Waals surface area contributed by atoms with Gasteiger partial charge in [0, 0.05) is 5.56 Å². The van der Waals surface area contributed by atoms with E-state index in [2.05, 4.69) is 5.32 Å². The van der Waals surface area contributed by atoms with E-state index in [0.717, 1.165) is 33.4 Å². The molecule has 1 aliphatic rings. The van der Waals surface area contributed by atoms with Crippen LogP contribution in [0.4, 0.5) is 5.69 Å². The zero-order chi connectivity index (χ0) is 32.8. The SMILES string of the molecule is CCOC(=O)[C@@H](NC(c1ccccc1)c1ccccc1)[C@]1(OCc2ccccc2C)C(=O)N(Cc2ccccc2)c2ccc(C)cc21. The number of carbonyl (C=O) groups is 2. The Hall–Kier alpha value is -5.04. The molecule has 47 heavy (non-hydrogen) atoms. The van der Waals surface area contributed by atoms with Gasteiger partial charge in [-0.15, -0.1) is 0 Å². The molecule has 0 bridgehead atoms. The molecule has 5 aromatic carbocycles. The molecule has 0 aromatic heterocycles. The standard InChI is InChI=1S/C41H40N2O4/c1-4-46-39(44)38(42-37(32-19-10-6-11-20-32)33-21-12-7-13-22-33)41(47-28-34-23-15-14-16-30(34)3)35-26-29(2)24-25-36(35)43(40(41)45)27-31-17-8-5-9-18-31/h5-26,37-38,42H,4,27-28H2,1-3H3/t38-,41+/m1/s1. The van der Waals surface area contributed by atoms with E-state index in [1.165, 1.54) is 0 Å². The van der Waals surface area contributed by atoms with Crippen LogP contribution in [0, 0.1) is 13.8 Å². The number of nitrogens with zero attached hydrogens (tertiary/aromatic N) is 1. The van der Waals surface area contributed by atoms with E-state index in [9.17, 15) is 4.79 Å². The van der Waals surface area contributed by atoms with Crippen molar-refractivity contribution in [2.75, 3.05) is 11.5 Å². The van der Waals surface area contributed by atoms with Crippen LogP contribution in [0.1, 0.15) is 51.9 Å². The Balaban J connectivity index is 1.55. The topological polar surface area (TPSA) is 67.9 Å². The van der Waals surface area contributed by atoms with Crippen molar-refractivity contribution in [1.82, 2.24) is 5.32 Å². The number of rotatable bonds is 12. The number of nitrogens with one attached hydrogen (secondary N) is 1. The maximum absolute atomic E-state index is 15.3. The molecule has 0 saturated heterocycles. The molecule has 6 heteroatoms. The summed E-state index contributed by atoms with van der Waals surface area (Å²) in [5.74, 6) is -0.877. The number of aryl methyl sites for hydroxylation is 2.